The predicted octanol–water partition coefficient (Wildman–Crippen LogP) is 1.49. The van der Waals surface area contributed by atoms with Crippen molar-refractivity contribution >= 4 is 5.97 Å². The second-order valence-corrected chi connectivity index (χ2v) is 4.11. The molecule has 0 aliphatic carbocycles. The van der Waals surface area contributed by atoms with E-state index < -0.39 is 0 Å². The van der Waals surface area contributed by atoms with E-state index in [4.69, 9.17) is 9.47 Å². The molecule has 1 aromatic carbocycles. The number of carbonyl (C=O) groups is 1. The van der Waals surface area contributed by atoms with Crippen molar-refractivity contribution in [1.29, 1.82) is 0 Å². The van der Waals surface area contributed by atoms with E-state index in [1.807, 2.05) is 24.3 Å². The maximum Gasteiger partial charge on any atom is 0.323 e. The number of ether oxygens (including phenoxy) is 2. The van der Waals surface area contributed by atoms with Gasteiger partial charge in [-0.15, -0.1) is 0 Å². The van der Waals surface area contributed by atoms with Gasteiger partial charge in [-0.1, -0.05) is 12.1 Å². The van der Waals surface area contributed by atoms with Crippen LogP contribution in [0.25, 0.3) is 0 Å². The summed E-state index contributed by atoms with van der Waals surface area (Å²) in [5.41, 5.74) is 0.940. The van der Waals surface area contributed by atoms with E-state index in [1.54, 1.807) is 7.11 Å². The minimum absolute atomic E-state index is 0.124. The van der Waals surface area contributed by atoms with Gasteiger partial charge in [-0.3, -0.25) is 4.79 Å². The monoisotopic (exact) mass is 235 g/mol. The van der Waals surface area contributed by atoms with Crippen molar-refractivity contribution in [2.45, 2.75) is 25.5 Å². The zero-order valence-electron chi connectivity index (χ0n) is 9.94. The smallest absolute Gasteiger partial charge is 0.323 e. The van der Waals surface area contributed by atoms with Crippen LogP contribution in [0, 0.1) is 0 Å². The Labute approximate surface area is 101 Å². The van der Waals surface area contributed by atoms with Crippen molar-refractivity contribution in [1.82, 2.24) is 5.32 Å². The zero-order chi connectivity index (χ0) is 12.1. The van der Waals surface area contributed by atoms with E-state index in [-0.39, 0.29) is 12.0 Å². The highest BCUT2D eigenvalue weighted by molar-refractivity contribution is 5.76. The van der Waals surface area contributed by atoms with E-state index in [1.165, 1.54) is 0 Å². The summed E-state index contributed by atoms with van der Waals surface area (Å²) in [4.78, 5) is 11.7. The Morgan fingerprint density at radius 1 is 1.53 bits per heavy atom. The second-order valence-electron chi connectivity index (χ2n) is 4.11. The normalized spacial score (nSPS) is 19.0. The molecule has 1 aromatic rings. The Morgan fingerprint density at radius 2 is 2.41 bits per heavy atom. The number of hydrogen-bond donors (Lipinski definition) is 1. The largest absolute Gasteiger partial charge is 0.497 e. The van der Waals surface area contributed by atoms with Crippen molar-refractivity contribution in [2.24, 2.45) is 0 Å². The van der Waals surface area contributed by atoms with Crippen molar-refractivity contribution in [2.75, 3.05) is 13.7 Å². The summed E-state index contributed by atoms with van der Waals surface area (Å²) >= 11 is 0. The Balaban J connectivity index is 1.86. The highest BCUT2D eigenvalue weighted by Gasteiger charge is 2.23. The average molecular weight is 235 g/mol. The predicted molar refractivity (Wildman–Crippen MR) is 63.8 cm³/mol. The van der Waals surface area contributed by atoms with Crippen molar-refractivity contribution in [3.63, 3.8) is 0 Å². The maximum absolute atomic E-state index is 11.7. The van der Waals surface area contributed by atoms with Crippen molar-refractivity contribution in [3.8, 4) is 5.75 Å². The van der Waals surface area contributed by atoms with E-state index in [9.17, 15) is 4.79 Å². The minimum atomic E-state index is -0.162. The molecule has 1 aliphatic rings. The molecule has 92 valence electrons. The molecule has 1 saturated heterocycles. The number of methoxy groups -OCH3 is 1. The summed E-state index contributed by atoms with van der Waals surface area (Å²) in [6.07, 6.45) is 1.91. The van der Waals surface area contributed by atoms with Crippen LogP contribution in [0.1, 0.15) is 18.4 Å². The summed E-state index contributed by atoms with van der Waals surface area (Å²) in [6.45, 7) is 1.20. The van der Waals surface area contributed by atoms with Crippen LogP contribution in [0.5, 0.6) is 5.75 Å². The molecule has 1 N–H and O–H groups in total. The van der Waals surface area contributed by atoms with Crippen LogP contribution in [-0.2, 0) is 16.1 Å². The molecule has 2 rings (SSSR count). The van der Waals surface area contributed by atoms with Gasteiger partial charge in [-0.05, 0) is 37.1 Å². The number of hydrogen-bond acceptors (Lipinski definition) is 4. The van der Waals surface area contributed by atoms with Gasteiger partial charge >= 0.3 is 5.97 Å². The van der Waals surface area contributed by atoms with Gasteiger partial charge in [0.2, 0.25) is 0 Å². The summed E-state index contributed by atoms with van der Waals surface area (Å²) in [5.74, 6) is 0.614. The molecule has 0 unspecified atom stereocenters. The maximum atomic E-state index is 11.7. The van der Waals surface area contributed by atoms with E-state index in [2.05, 4.69) is 5.32 Å². The highest BCUT2D eigenvalue weighted by Crippen LogP contribution is 2.14. The van der Waals surface area contributed by atoms with Crippen LogP contribution >= 0.6 is 0 Å². The minimum Gasteiger partial charge on any atom is -0.497 e. The molecule has 0 saturated carbocycles. The molecule has 0 bridgehead atoms. The van der Waals surface area contributed by atoms with E-state index in [0.717, 1.165) is 30.7 Å². The topological polar surface area (TPSA) is 47.6 Å². The molecule has 0 aromatic heterocycles. The van der Waals surface area contributed by atoms with Crippen LogP contribution in [0.15, 0.2) is 24.3 Å². The molecule has 0 radical (unpaired) electrons. The van der Waals surface area contributed by atoms with Gasteiger partial charge in [0.05, 0.1) is 7.11 Å². The van der Waals surface area contributed by atoms with Crippen LogP contribution in [0.3, 0.4) is 0 Å². The average Bonchev–Trinajstić information content (AvgIpc) is 2.90. The Kier molecular flexibility index (Phi) is 3.98. The molecule has 0 spiro atoms. The molecule has 4 nitrogen and oxygen atoms in total. The molecule has 0 amide bonds. The molecule has 4 heteroatoms. The van der Waals surface area contributed by atoms with Gasteiger partial charge in [0, 0.05) is 0 Å². The number of esters is 1. The fourth-order valence-corrected chi connectivity index (χ4v) is 1.90. The first-order valence-corrected chi connectivity index (χ1v) is 5.82. The van der Waals surface area contributed by atoms with Crippen LogP contribution in [0.4, 0.5) is 0 Å². The number of benzene rings is 1. The van der Waals surface area contributed by atoms with Gasteiger partial charge in [0.25, 0.3) is 0 Å². The van der Waals surface area contributed by atoms with Gasteiger partial charge in [-0.2, -0.15) is 0 Å². The third-order valence-corrected chi connectivity index (χ3v) is 2.86. The number of carbonyl (C=O) groups excluding carboxylic acids is 1. The fourth-order valence-electron chi connectivity index (χ4n) is 1.90. The lowest BCUT2D eigenvalue weighted by molar-refractivity contribution is -0.147. The Bertz CT molecular complexity index is 386. The van der Waals surface area contributed by atoms with Gasteiger partial charge in [0.15, 0.2) is 0 Å². The van der Waals surface area contributed by atoms with E-state index in [0.29, 0.717) is 6.61 Å². The zero-order valence-corrected chi connectivity index (χ0v) is 9.94. The first-order chi connectivity index (χ1) is 8.29. The summed E-state index contributed by atoms with van der Waals surface area (Å²) in [6, 6.07) is 7.41. The lowest BCUT2D eigenvalue weighted by Crippen LogP contribution is -2.32. The molecular weight excluding hydrogens is 218 g/mol. The van der Waals surface area contributed by atoms with Crippen LogP contribution in [0.2, 0.25) is 0 Å². The lowest BCUT2D eigenvalue weighted by atomic mass is 10.2. The van der Waals surface area contributed by atoms with E-state index >= 15 is 0 Å². The summed E-state index contributed by atoms with van der Waals surface area (Å²) in [5, 5.41) is 3.12. The quantitative estimate of drug-likeness (QED) is 0.803. The van der Waals surface area contributed by atoms with Crippen molar-refractivity contribution < 1.29 is 14.3 Å². The molecule has 1 aliphatic heterocycles. The standard InChI is InChI=1S/C13H17NO3/c1-16-11-5-2-4-10(8-11)9-17-13(15)12-6-3-7-14-12/h2,4-5,8,12,14H,3,6-7,9H2,1H3/t12-/m0/s1. The second kappa shape index (κ2) is 5.68. The van der Waals surface area contributed by atoms with Crippen molar-refractivity contribution in [3.05, 3.63) is 29.8 Å². The molecule has 1 fully saturated rings. The SMILES string of the molecule is COc1cccc(COC(=O)[C@@H]2CCCN2)c1. The van der Waals surface area contributed by atoms with Gasteiger partial charge in [-0.25, -0.2) is 0 Å². The summed E-state index contributed by atoms with van der Waals surface area (Å²) < 4.78 is 10.4. The lowest BCUT2D eigenvalue weighted by Gasteiger charge is -2.10. The fraction of sp³-hybridized carbons (Fsp3) is 0.462. The first-order valence-electron chi connectivity index (χ1n) is 5.82. The molecule has 17 heavy (non-hydrogen) atoms. The Hall–Kier alpha value is -1.55. The highest BCUT2D eigenvalue weighted by atomic mass is 16.5. The van der Waals surface area contributed by atoms with Gasteiger partial charge in [0.1, 0.15) is 18.4 Å². The van der Waals surface area contributed by atoms with Crippen LogP contribution in [-0.4, -0.2) is 25.7 Å². The molecule has 1 atom stereocenters. The molecule has 1 heterocycles. The van der Waals surface area contributed by atoms with Crippen LogP contribution < -0.4 is 10.1 Å². The summed E-state index contributed by atoms with van der Waals surface area (Å²) in [7, 11) is 1.62. The number of rotatable bonds is 4. The molecular formula is C13H17NO3. The first kappa shape index (κ1) is 11.9. The third-order valence-electron chi connectivity index (χ3n) is 2.86. The van der Waals surface area contributed by atoms with Gasteiger partial charge < -0.3 is 14.8 Å². The third kappa shape index (κ3) is 3.20. The number of nitrogens with one attached hydrogen (secondary N) is 1. The Morgan fingerprint density at radius 3 is 3.12 bits per heavy atom.